The number of benzene rings is 2. The van der Waals surface area contributed by atoms with Crippen molar-refractivity contribution >= 4 is 11.6 Å². The van der Waals surface area contributed by atoms with Crippen LogP contribution in [0.3, 0.4) is 0 Å². The monoisotopic (exact) mass is 317 g/mol. The Balaban J connectivity index is 1.89. The van der Waals surface area contributed by atoms with E-state index in [-0.39, 0.29) is 5.82 Å². The van der Waals surface area contributed by atoms with Gasteiger partial charge in [0, 0.05) is 5.56 Å². The summed E-state index contributed by atoms with van der Waals surface area (Å²) < 4.78 is 19.3. The maximum absolute atomic E-state index is 13.7. The first-order chi connectivity index (χ1) is 10.6. The van der Waals surface area contributed by atoms with Crippen molar-refractivity contribution < 1.29 is 9.13 Å². The van der Waals surface area contributed by atoms with Crippen molar-refractivity contribution in [2.24, 2.45) is 0 Å². The Morgan fingerprint density at radius 2 is 2.05 bits per heavy atom. The average Bonchev–Trinajstić information content (AvgIpc) is 2.52. The fraction of sp³-hybridized carbons (Fsp3) is 0.278. The SMILES string of the molecule is Cc1ccc(Cl)c(OCCCC(C#N)c2ccccc2F)c1. The van der Waals surface area contributed by atoms with Crippen molar-refractivity contribution in [3.8, 4) is 11.8 Å². The molecule has 4 heteroatoms. The molecule has 0 aliphatic rings. The molecular weight excluding hydrogens is 301 g/mol. The lowest BCUT2D eigenvalue weighted by Gasteiger charge is -2.12. The van der Waals surface area contributed by atoms with E-state index < -0.39 is 5.92 Å². The van der Waals surface area contributed by atoms with E-state index in [2.05, 4.69) is 6.07 Å². The lowest BCUT2D eigenvalue weighted by molar-refractivity contribution is 0.304. The molecule has 0 N–H and O–H groups in total. The lowest BCUT2D eigenvalue weighted by atomic mass is 9.95. The van der Waals surface area contributed by atoms with E-state index in [4.69, 9.17) is 16.3 Å². The maximum Gasteiger partial charge on any atom is 0.138 e. The predicted molar refractivity (Wildman–Crippen MR) is 85.7 cm³/mol. The second-order valence-corrected chi connectivity index (χ2v) is 5.53. The third-order valence-corrected chi connectivity index (χ3v) is 3.73. The van der Waals surface area contributed by atoms with Crippen LogP contribution in [-0.4, -0.2) is 6.61 Å². The number of halogens is 2. The Hall–Kier alpha value is -2.05. The second kappa shape index (κ2) is 7.82. The van der Waals surface area contributed by atoms with Crippen molar-refractivity contribution in [3.05, 3.63) is 64.4 Å². The van der Waals surface area contributed by atoms with E-state index in [1.54, 1.807) is 24.3 Å². The van der Waals surface area contributed by atoms with Gasteiger partial charge in [0.1, 0.15) is 11.6 Å². The first-order valence-electron chi connectivity index (χ1n) is 7.15. The molecule has 1 unspecified atom stereocenters. The van der Waals surface area contributed by atoms with Gasteiger partial charge in [-0.05, 0) is 43.5 Å². The van der Waals surface area contributed by atoms with Gasteiger partial charge in [0.15, 0.2) is 0 Å². The number of nitrogens with zero attached hydrogens (tertiary/aromatic N) is 1. The zero-order valence-electron chi connectivity index (χ0n) is 12.4. The van der Waals surface area contributed by atoms with Gasteiger partial charge in [-0.1, -0.05) is 35.9 Å². The van der Waals surface area contributed by atoms with Gasteiger partial charge < -0.3 is 4.74 Å². The molecule has 0 saturated heterocycles. The molecule has 0 aliphatic carbocycles. The lowest BCUT2D eigenvalue weighted by Crippen LogP contribution is -2.04. The van der Waals surface area contributed by atoms with Gasteiger partial charge in [0.05, 0.1) is 23.6 Å². The Morgan fingerprint density at radius 3 is 2.77 bits per heavy atom. The number of nitriles is 1. The van der Waals surface area contributed by atoms with Crippen LogP contribution in [-0.2, 0) is 0 Å². The standard InChI is InChI=1S/C18H17ClFNO/c1-13-8-9-16(19)18(11-13)22-10-4-5-14(12-21)15-6-2-3-7-17(15)20/h2-3,6-9,11,14H,4-5,10H2,1H3. The zero-order valence-corrected chi connectivity index (χ0v) is 13.1. The van der Waals surface area contributed by atoms with Crippen molar-refractivity contribution in [1.29, 1.82) is 5.26 Å². The minimum atomic E-state index is -0.460. The highest BCUT2D eigenvalue weighted by Crippen LogP contribution is 2.27. The summed E-state index contributed by atoms with van der Waals surface area (Å²) in [4.78, 5) is 0. The molecule has 2 rings (SSSR count). The van der Waals surface area contributed by atoms with Gasteiger partial charge in [-0.25, -0.2) is 4.39 Å². The molecule has 0 heterocycles. The molecule has 0 amide bonds. The van der Waals surface area contributed by atoms with Gasteiger partial charge in [-0.2, -0.15) is 5.26 Å². The average molecular weight is 318 g/mol. The third-order valence-electron chi connectivity index (χ3n) is 3.42. The van der Waals surface area contributed by atoms with Gasteiger partial charge >= 0.3 is 0 Å². The van der Waals surface area contributed by atoms with Crippen LogP contribution in [0.15, 0.2) is 42.5 Å². The Labute approximate surface area is 135 Å². The zero-order chi connectivity index (χ0) is 15.9. The summed E-state index contributed by atoms with van der Waals surface area (Å²) >= 11 is 6.05. The summed E-state index contributed by atoms with van der Waals surface area (Å²) in [6, 6.07) is 14.1. The fourth-order valence-electron chi connectivity index (χ4n) is 2.24. The third kappa shape index (κ3) is 4.22. The molecule has 0 aromatic heterocycles. The number of aryl methyl sites for hydroxylation is 1. The minimum Gasteiger partial charge on any atom is -0.492 e. The topological polar surface area (TPSA) is 33.0 Å². The summed E-state index contributed by atoms with van der Waals surface area (Å²) in [5.41, 5.74) is 1.51. The smallest absolute Gasteiger partial charge is 0.138 e. The van der Waals surface area contributed by atoms with Crippen LogP contribution in [0.4, 0.5) is 4.39 Å². The summed E-state index contributed by atoms with van der Waals surface area (Å²) in [5.74, 6) is -0.157. The predicted octanol–water partition coefficient (Wildman–Crippen LogP) is 5.25. The Morgan fingerprint density at radius 1 is 1.27 bits per heavy atom. The highest BCUT2D eigenvalue weighted by Gasteiger charge is 2.14. The van der Waals surface area contributed by atoms with Crippen LogP contribution in [0, 0.1) is 24.1 Å². The van der Waals surface area contributed by atoms with Gasteiger partial charge in [-0.3, -0.25) is 0 Å². The van der Waals surface area contributed by atoms with Crippen LogP contribution >= 0.6 is 11.6 Å². The summed E-state index contributed by atoms with van der Waals surface area (Å²) in [7, 11) is 0. The first kappa shape index (κ1) is 16.3. The summed E-state index contributed by atoms with van der Waals surface area (Å²) in [6.07, 6.45) is 1.19. The van der Waals surface area contributed by atoms with E-state index in [0.717, 1.165) is 5.56 Å². The van der Waals surface area contributed by atoms with E-state index in [1.165, 1.54) is 6.07 Å². The number of rotatable bonds is 6. The first-order valence-corrected chi connectivity index (χ1v) is 7.52. The van der Waals surface area contributed by atoms with E-state index >= 15 is 0 Å². The van der Waals surface area contributed by atoms with Crippen LogP contribution in [0.25, 0.3) is 0 Å². The van der Waals surface area contributed by atoms with Crippen molar-refractivity contribution in [2.75, 3.05) is 6.61 Å². The molecule has 22 heavy (non-hydrogen) atoms. The molecule has 2 aromatic carbocycles. The number of ether oxygens (including phenoxy) is 1. The molecule has 0 saturated carbocycles. The molecule has 0 aliphatic heterocycles. The van der Waals surface area contributed by atoms with Crippen molar-refractivity contribution in [1.82, 2.24) is 0 Å². The molecule has 2 aromatic rings. The largest absolute Gasteiger partial charge is 0.492 e. The molecule has 0 radical (unpaired) electrons. The highest BCUT2D eigenvalue weighted by atomic mass is 35.5. The van der Waals surface area contributed by atoms with Gasteiger partial charge in [-0.15, -0.1) is 0 Å². The number of hydrogen-bond donors (Lipinski definition) is 0. The molecule has 1 atom stereocenters. The molecule has 0 fully saturated rings. The normalized spacial score (nSPS) is 11.7. The van der Waals surface area contributed by atoms with E-state index in [9.17, 15) is 9.65 Å². The van der Waals surface area contributed by atoms with Crippen LogP contribution < -0.4 is 4.74 Å². The van der Waals surface area contributed by atoms with Crippen molar-refractivity contribution in [3.63, 3.8) is 0 Å². The van der Waals surface area contributed by atoms with Crippen LogP contribution in [0.1, 0.15) is 29.9 Å². The Bertz CT molecular complexity index is 681. The molecule has 0 spiro atoms. The summed E-state index contributed by atoms with van der Waals surface area (Å²) in [6.45, 7) is 2.41. The quantitative estimate of drug-likeness (QED) is 0.681. The van der Waals surface area contributed by atoms with Gasteiger partial charge in [0.2, 0.25) is 0 Å². The highest BCUT2D eigenvalue weighted by molar-refractivity contribution is 6.32. The summed E-state index contributed by atoms with van der Waals surface area (Å²) in [5, 5.41) is 9.79. The van der Waals surface area contributed by atoms with Gasteiger partial charge in [0.25, 0.3) is 0 Å². The van der Waals surface area contributed by atoms with Crippen molar-refractivity contribution in [2.45, 2.75) is 25.7 Å². The molecule has 114 valence electrons. The maximum atomic E-state index is 13.7. The van der Waals surface area contributed by atoms with E-state index in [1.807, 2.05) is 19.1 Å². The molecular formula is C18H17ClFNO. The fourth-order valence-corrected chi connectivity index (χ4v) is 2.41. The van der Waals surface area contributed by atoms with Crippen LogP contribution in [0.2, 0.25) is 5.02 Å². The Kier molecular flexibility index (Phi) is 5.80. The minimum absolute atomic E-state index is 0.336. The van der Waals surface area contributed by atoms with Crippen LogP contribution in [0.5, 0.6) is 5.75 Å². The number of hydrogen-bond acceptors (Lipinski definition) is 2. The second-order valence-electron chi connectivity index (χ2n) is 5.13. The molecule has 2 nitrogen and oxygen atoms in total. The van der Waals surface area contributed by atoms with E-state index in [0.29, 0.717) is 35.8 Å². The molecule has 0 bridgehead atoms.